The van der Waals surface area contributed by atoms with Crippen molar-refractivity contribution in [2.24, 2.45) is 5.92 Å². The zero-order valence-corrected chi connectivity index (χ0v) is 17.5. The number of methoxy groups -OCH3 is 1. The van der Waals surface area contributed by atoms with Crippen LogP contribution in [0, 0.1) is 5.92 Å². The van der Waals surface area contributed by atoms with Crippen molar-refractivity contribution in [3.8, 4) is 5.75 Å². The maximum absolute atomic E-state index is 12.4. The van der Waals surface area contributed by atoms with Gasteiger partial charge in [0.15, 0.2) is 0 Å². The molecule has 0 spiro atoms. The van der Waals surface area contributed by atoms with E-state index in [2.05, 4.69) is 10.0 Å². The third-order valence-electron chi connectivity index (χ3n) is 4.16. The van der Waals surface area contributed by atoms with Gasteiger partial charge in [-0.2, -0.15) is 0 Å². The Hall–Kier alpha value is -2.38. The summed E-state index contributed by atoms with van der Waals surface area (Å²) in [6, 6.07) is 13.6. The molecule has 0 aliphatic rings. The van der Waals surface area contributed by atoms with Crippen LogP contribution in [0.25, 0.3) is 0 Å². The minimum absolute atomic E-state index is 0.0873. The molecule has 7 heteroatoms. The molecule has 0 heterocycles. The third-order valence-corrected chi connectivity index (χ3v) is 5.60. The quantitative estimate of drug-likeness (QED) is 0.673. The minimum atomic E-state index is -3.56. The van der Waals surface area contributed by atoms with Gasteiger partial charge in [0.25, 0.3) is 5.91 Å². The molecular formula is C21H28N2O4S. The highest BCUT2D eigenvalue weighted by atomic mass is 32.2. The normalized spacial score (nSPS) is 12.6. The first-order valence-corrected chi connectivity index (χ1v) is 10.7. The van der Waals surface area contributed by atoms with Gasteiger partial charge in [-0.15, -0.1) is 0 Å². The van der Waals surface area contributed by atoms with Crippen LogP contribution >= 0.6 is 0 Å². The predicted molar refractivity (Wildman–Crippen MR) is 110 cm³/mol. The second-order valence-corrected chi connectivity index (χ2v) is 8.97. The predicted octanol–water partition coefficient (Wildman–Crippen LogP) is 2.99. The molecule has 0 aliphatic carbocycles. The first-order chi connectivity index (χ1) is 13.2. The van der Waals surface area contributed by atoms with E-state index in [9.17, 15) is 13.2 Å². The van der Waals surface area contributed by atoms with E-state index < -0.39 is 10.0 Å². The fourth-order valence-electron chi connectivity index (χ4n) is 2.66. The van der Waals surface area contributed by atoms with E-state index in [4.69, 9.17) is 4.74 Å². The first kappa shape index (κ1) is 21.9. The van der Waals surface area contributed by atoms with Crippen LogP contribution in [0.5, 0.6) is 5.75 Å². The van der Waals surface area contributed by atoms with Gasteiger partial charge in [0.2, 0.25) is 10.0 Å². The molecular weight excluding hydrogens is 376 g/mol. The Labute approximate surface area is 167 Å². The number of hydrogen-bond acceptors (Lipinski definition) is 4. The van der Waals surface area contributed by atoms with Crippen LogP contribution in [0.3, 0.4) is 0 Å². The zero-order chi connectivity index (χ0) is 20.7. The summed E-state index contributed by atoms with van der Waals surface area (Å²) in [5, 5.41) is 2.94. The number of carbonyl (C=O) groups is 1. The highest BCUT2D eigenvalue weighted by molar-refractivity contribution is 7.89. The molecule has 0 fully saturated rings. The van der Waals surface area contributed by atoms with Crippen LogP contribution in [0.1, 0.15) is 36.7 Å². The van der Waals surface area contributed by atoms with Crippen LogP contribution in [-0.4, -0.2) is 34.0 Å². The molecule has 0 aliphatic heterocycles. The summed E-state index contributed by atoms with van der Waals surface area (Å²) in [4.78, 5) is 12.6. The molecule has 2 N–H and O–H groups in total. The molecule has 0 aromatic heterocycles. The third kappa shape index (κ3) is 6.35. The summed E-state index contributed by atoms with van der Waals surface area (Å²) >= 11 is 0. The van der Waals surface area contributed by atoms with Crippen molar-refractivity contribution in [3.05, 3.63) is 59.7 Å². The fourth-order valence-corrected chi connectivity index (χ4v) is 3.87. The van der Waals surface area contributed by atoms with Crippen molar-refractivity contribution < 1.29 is 17.9 Å². The number of ether oxygens (including phenoxy) is 1. The largest absolute Gasteiger partial charge is 0.497 e. The summed E-state index contributed by atoms with van der Waals surface area (Å²) in [5.74, 6) is 0.749. The van der Waals surface area contributed by atoms with E-state index in [0.29, 0.717) is 18.5 Å². The molecule has 152 valence electrons. The van der Waals surface area contributed by atoms with Crippen LogP contribution in [0.2, 0.25) is 0 Å². The van der Waals surface area contributed by atoms with Crippen LogP contribution < -0.4 is 14.8 Å². The SMILES string of the molecule is COc1cccc(CC(C)NC(=O)c2ccc(S(=O)(=O)NCC(C)C)cc2)c1. The van der Waals surface area contributed by atoms with Crippen molar-refractivity contribution in [1.82, 2.24) is 10.0 Å². The van der Waals surface area contributed by atoms with Gasteiger partial charge in [0.1, 0.15) is 5.75 Å². The maximum atomic E-state index is 12.4. The van der Waals surface area contributed by atoms with E-state index in [0.717, 1.165) is 11.3 Å². The van der Waals surface area contributed by atoms with E-state index in [-0.39, 0.29) is 22.8 Å². The fraction of sp³-hybridized carbons (Fsp3) is 0.381. The molecule has 2 aromatic rings. The number of hydrogen-bond donors (Lipinski definition) is 2. The van der Waals surface area contributed by atoms with E-state index >= 15 is 0 Å². The molecule has 0 radical (unpaired) electrons. The monoisotopic (exact) mass is 404 g/mol. The number of sulfonamides is 1. The van der Waals surface area contributed by atoms with Crippen molar-refractivity contribution in [3.63, 3.8) is 0 Å². The summed E-state index contributed by atoms with van der Waals surface area (Å²) in [5.41, 5.74) is 1.48. The summed E-state index contributed by atoms with van der Waals surface area (Å²) in [7, 11) is -1.94. The topological polar surface area (TPSA) is 84.5 Å². The Kier molecular flexibility index (Phi) is 7.60. The van der Waals surface area contributed by atoms with E-state index in [1.54, 1.807) is 7.11 Å². The molecule has 1 atom stereocenters. The Morgan fingerprint density at radius 1 is 1.07 bits per heavy atom. The van der Waals surface area contributed by atoms with Crippen molar-refractivity contribution in [2.45, 2.75) is 38.1 Å². The summed E-state index contributed by atoms with van der Waals surface area (Å²) < 4.78 is 32.2. The van der Waals surface area contributed by atoms with Crippen LogP contribution in [0.4, 0.5) is 0 Å². The Bertz CT molecular complexity index is 893. The summed E-state index contributed by atoms with van der Waals surface area (Å²) in [6.07, 6.45) is 0.661. The minimum Gasteiger partial charge on any atom is -0.497 e. The molecule has 6 nitrogen and oxygen atoms in total. The second kappa shape index (κ2) is 9.71. The molecule has 0 saturated heterocycles. The molecule has 2 rings (SSSR count). The number of rotatable bonds is 9. The van der Waals surface area contributed by atoms with Gasteiger partial charge in [-0.1, -0.05) is 26.0 Å². The van der Waals surface area contributed by atoms with E-state index in [1.807, 2.05) is 45.0 Å². The smallest absolute Gasteiger partial charge is 0.251 e. The number of nitrogens with one attached hydrogen (secondary N) is 2. The van der Waals surface area contributed by atoms with Crippen molar-refractivity contribution in [1.29, 1.82) is 0 Å². The lowest BCUT2D eigenvalue weighted by atomic mass is 10.1. The van der Waals surface area contributed by atoms with Gasteiger partial charge in [-0.05, 0) is 61.2 Å². The lowest BCUT2D eigenvalue weighted by Crippen LogP contribution is -2.34. The van der Waals surface area contributed by atoms with Gasteiger partial charge in [0, 0.05) is 18.2 Å². The highest BCUT2D eigenvalue weighted by Gasteiger charge is 2.16. The lowest BCUT2D eigenvalue weighted by Gasteiger charge is -2.15. The van der Waals surface area contributed by atoms with Gasteiger partial charge >= 0.3 is 0 Å². The average molecular weight is 405 g/mol. The molecule has 1 unspecified atom stereocenters. The highest BCUT2D eigenvalue weighted by Crippen LogP contribution is 2.15. The number of benzene rings is 2. The van der Waals surface area contributed by atoms with Gasteiger partial charge in [-0.25, -0.2) is 13.1 Å². The van der Waals surface area contributed by atoms with Crippen molar-refractivity contribution >= 4 is 15.9 Å². The van der Waals surface area contributed by atoms with Gasteiger partial charge in [0.05, 0.1) is 12.0 Å². The van der Waals surface area contributed by atoms with E-state index in [1.165, 1.54) is 24.3 Å². The molecule has 1 amide bonds. The summed E-state index contributed by atoms with van der Waals surface area (Å²) in [6.45, 7) is 6.16. The van der Waals surface area contributed by atoms with Crippen LogP contribution in [0.15, 0.2) is 53.4 Å². The maximum Gasteiger partial charge on any atom is 0.251 e. The Morgan fingerprint density at radius 3 is 2.36 bits per heavy atom. The molecule has 0 saturated carbocycles. The zero-order valence-electron chi connectivity index (χ0n) is 16.7. The van der Waals surface area contributed by atoms with Crippen LogP contribution in [-0.2, 0) is 16.4 Å². The molecule has 2 aromatic carbocycles. The van der Waals surface area contributed by atoms with Gasteiger partial charge < -0.3 is 10.1 Å². The average Bonchev–Trinajstić information content (AvgIpc) is 2.66. The number of carbonyl (C=O) groups excluding carboxylic acids is 1. The number of amides is 1. The Balaban J connectivity index is 1.98. The lowest BCUT2D eigenvalue weighted by molar-refractivity contribution is 0.0940. The molecule has 0 bridgehead atoms. The molecule has 28 heavy (non-hydrogen) atoms. The van der Waals surface area contributed by atoms with Gasteiger partial charge in [-0.3, -0.25) is 4.79 Å². The van der Waals surface area contributed by atoms with Crippen molar-refractivity contribution in [2.75, 3.05) is 13.7 Å². The second-order valence-electron chi connectivity index (χ2n) is 7.20. The standard InChI is InChI=1S/C21H28N2O4S/c1-15(2)14-22-28(25,26)20-10-8-18(9-11-20)21(24)23-16(3)12-17-6-5-7-19(13-17)27-4/h5-11,13,15-16,22H,12,14H2,1-4H3,(H,23,24). The first-order valence-electron chi connectivity index (χ1n) is 9.25. The Morgan fingerprint density at radius 2 is 1.75 bits per heavy atom.